The largest absolute Gasteiger partial charge is 0.315 e. The van der Waals surface area contributed by atoms with Gasteiger partial charge in [-0.1, -0.05) is 13.8 Å². The minimum Gasteiger partial charge on any atom is -0.315 e. The number of hydrogen-bond donors (Lipinski definition) is 1. The lowest BCUT2D eigenvalue weighted by molar-refractivity contribution is 0.188. The van der Waals surface area contributed by atoms with Gasteiger partial charge in [0.1, 0.15) is 0 Å². The van der Waals surface area contributed by atoms with Gasteiger partial charge < -0.3 is 5.32 Å². The van der Waals surface area contributed by atoms with E-state index in [1.54, 1.807) is 0 Å². The highest BCUT2D eigenvalue weighted by Crippen LogP contribution is 2.10. The van der Waals surface area contributed by atoms with Crippen molar-refractivity contribution in [2.24, 2.45) is 5.92 Å². The van der Waals surface area contributed by atoms with E-state index in [4.69, 9.17) is 5.26 Å². The second kappa shape index (κ2) is 6.00. The van der Waals surface area contributed by atoms with Crippen molar-refractivity contribution in [3.8, 4) is 6.07 Å². The van der Waals surface area contributed by atoms with Crippen molar-refractivity contribution in [2.75, 3.05) is 26.2 Å². The van der Waals surface area contributed by atoms with Crippen molar-refractivity contribution in [3.05, 3.63) is 0 Å². The maximum atomic E-state index is 8.76. The van der Waals surface area contributed by atoms with Crippen molar-refractivity contribution in [2.45, 2.75) is 32.7 Å². The molecule has 1 saturated heterocycles. The van der Waals surface area contributed by atoms with Crippen LogP contribution in [0.25, 0.3) is 0 Å². The molecule has 1 heterocycles. The molecule has 0 spiro atoms. The van der Waals surface area contributed by atoms with E-state index in [1.807, 2.05) is 0 Å². The van der Waals surface area contributed by atoms with Gasteiger partial charge in [0.15, 0.2) is 0 Å². The fraction of sp³-hybridized carbons (Fsp3) is 0.909. The summed E-state index contributed by atoms with van der Waals surface area (Å²) >= 11 is 0. The van der Waals surface area contributed by atoms with Crippen molar-refractivity contribution < 1.29 is 0 Å². The summed E-state index contributed by atoms with van der Waals surface area (Å²) in [5.74, 6) is 0.689. The van der Waals surface area contributed by atoms with Crippen LogP contribution in [0, 0.1) is 17.2 Å². The molecule has 1 rings (SSSR count). The zero-order valence-electron chi connectivity index (χ0n) is 9.29. The second-order valence-electron chi connectivity index (χ2n) is 4.46. The van der Waals surface area contributed by atoms with E-state index in [-0.39, 0.29) is 0 Å². The molecular weight excluding hydrogens is 174 g/mol. The molecule has 1 unspecified atom stereocenters. The fourth-order valence-corrected chi connectivity index (χ4v) is 2.00. The van der Waals surface area contributed by atoms with Crippen molar-refractivity contribution in [3.63, 3.8) is 0 Å². The molecule has 1 aliphatic rings. The lowest BCUT2D eigenvalue weighted by Gasteiger charge is -2.29. The molecule has 0 saturated carbocycles. The summed E-state index contributed by atoms with van der Waals surface area (Å²) in [7, 11) is 0. The quantitative estimate of drug-likeness (QED) is 0.736. The molecule has 0 bridgehead atoms. The van der Waals surface area contributed by atoms with E-state index in [0.29, 0.717) is 18.4 Å². The minimum absolute atomic E-state index is 0.421. The first-order chi connectivity index (χ1) is 6.74. The molecule has 0 aromatic heterocycles. The van der Waals surface area contributed by atoms with Crippen molar-refractivity contribution in [1.29, 1.82) is 5.26 Å². The highest BCUT2D eigenvalue weighted by Gasteiger charge is 2.20. The van der Waals surface area contributed by atoms with Crippen LogP contribution >= 0.6 is 0 Å². The molecule has 1 fully saturated rings. The van der Waals surface area contributed by atoms with Gasteiger partial charge in [0, 0.05) is 19.1 Å². The standard InChI is InChI=1S/C11H21N3/c1-10(2)9-14-7-3-6-13-8-11(14)4-5-12/h10-11,13H,3-4,6-9H2,1-2H3. The third-order valence-corrected chi connectivity index (χ3v) is 2.62. The lowest BCUT2D eigenvalue weighted by Crippen LogP contribution is -2.41. The Kier molecular flexibility index (Phi) is 4.92. The van der Waals surface area contributed by atoms with E-state index in [0.717, 1.165) is 26.2 Å². The predicted molar refractivity (Wildman–Crippen MR) is 57.9 cm³/mol. The predicted octanol–water partition coefficient (Wildman–Crippen LogP) is 1.22. The Hall–Kier alpha value is -0.590. The van der Waals surface area contributed by atoms with Crippen LogP contribution in [-0.4, -0.2) is 37.1 Å². The zero-order valence-corrected chi connectivity index (χ0v) is 9.29. The van der Waals surface area contributed by atoms with Gasteiger partial charge in [-0.15, -0.1) is 0 Å². The minimum atomic E-state index is 0.421. The Labute approximate surface area is 87.1 Å². The Balaban J connectivity index is 2.50. The van der Waals surface area contributed by atoms with E-state index in [9.17, 15) is 0 Å². The molecule has 0 aliphatic carbocycles. The van der Waals surface area contributed by atoms with Gasteiger partial charge in [0.25, 0.3) is 0 Å². The molecule has 0 radical (unpaired) electrons. The zero-order chi connectivity index (χ0) is 10.4. The molecule has 80 valence electrons. The van der Waals surface area contributed by atoms with Crippen LogP contribution in [0.3, 0.4) is 0 Å². The van der Waals surface area contributed by atoms with E-state index < -0.39 is 0 Å². The number of rotatable bonds is 3. The van der Waals surface area contributed by atoms with Gasteiger partial charge in [0.05, 0.1) is 12.5 Å². The first-order valence-electron chi connectivity index (χ1n) is 5.55. The maximum absolute atomic E-state index is 8.76. The Morgan fingerprint density at radius 2 is 2.36 bits per heavy atom. The summed E-state index contributed by atoms with van der Waals surface area (Å²) < 4.78 is 0. The van der Waals surface area contributed by atoms with Crippen LogP contribution in [0.4, 0.5) is 0 Å². The number of nitriles is 1. The topological polar surface area (TPSA) is 39.1 Å². The smallest absolute Gasteiger partial charge is 0.0638 e. The highest BCUT2D eigenvalue weighted by atomic mass is 15.2. The molecule has 0 amide bonds. The molecule has 1 N–H and O–H groups in total. The average molecular weight is 195 g/mol. The van der Waals surface area contributed by atoms with E-state index in [1.165, 1.54) is 6.42 Å². The van der Waals surface area contributed by atoms with Gasteiger partial charge in [0.2, 0.25) is 0 Å². The van der Waals surface area contributed by atoms with Crippen LogP contribution in [0.1, 0.15) is 26.7 Å². The van der Waals surface area contributed by atoms with E-state index >= 15 is 0 Å². The first-order valence-corrected chi connectivity index (χ1v) is 5.55. The Morgan fingerprint density at radius 3 is 3.00 bits per heavy atom. The van der Waals surface area contributed by atoms with E-state index in [2.05, 4.69) is 30.1 Å². The molecule has 3 nitrogen and oxygen atoms in total. The SMILES string of the molecule is CC(C)CN1CCCNCC1CC#N. The lowest BCUT2D eigenvalue weighted by atomic mass is 10.1. The maximum Gasteiger partial charge on any atom is 0.0638 e. The summed E-state index contributed by atoms with van der Waals surface area (Å²) in [4.78, 5) is 2.47. The van der Waals surface area contributed by atoms with Crippen LogP contribution < -0.4 is 5.32 Å². The third-order valence-electron chi connectivity index (χ3n) is 2.62. The normalized spacial score (nSPS) is 24.6. The van der Waals surface area contributed by atoms with Crippen molar-refractivity contribution >= 4 is 0 Å². The average Bonchev–Trinajstić information content (AvgIpc) is 2.32. The molecular formula is C11H21N3. The Morgan fingerprint density at radius 1 is 1.57 bits per heavy atom. The number of nitrogens with one attached hydrogen (secondary N) is 1. The van der Waals surface area contributed by atoms with Crippen LogP contribution in [0.15, 0.2) is 0 Å². The second-order valence-corrected chi connectivity index (χ2v) is 4.46. The monoisotopic (exact) mass is 195 g/mol. The van der Waals surface area contributed by atoms with Crippen molar-refractivity contribution in [1.82, 2.24) is 10.2 Å². The first kappa shape index (κ1) is 11.5. The van der Waals surface area contributed by atoms with Crippen LogP contribution in [0.2, 0.25) is 0 Å². The molecule has 3 heteroatoms. The molecule has 1 aliphatic heterocycles. The molecule has 0 aromatic rings. The fourth-order valence-electron chi connectivity index (χ4n) is 2.00. The molecule has 1 atom stereocenters. The summed E-state index contributed by atoms with van der Waals surface area (Å²) in [5.41, 5.74) is 0. The number of nitrogens with zero attached hydrogens (tertiary/aromatic N) is 2. The van der Waals surface area contributed by atoms with Crippen LogP contribution in [-0.2, 0) is 0 Å². The molecule has 14 heavy (non-hydrogen) atoms. The number of hydrogen-bond acceptors (Lipinski definition) is 3. The summed E-state index contributed by atoms with van der Waals surface area (Å²) in [5, 5.41) is 12.2. The van der Waals surface area contributed by atoms with Gasteiger partial charge in [-0.25, -0.2) is 0 Å². The molecule has 0 aromatic carbocycles. The van der Waals surface area contributed by atoms with Gasteiger partial charge in [-0.2, -0.15) is 5.26 Å². The summed E-state index contributed by atoms with van der Waals surface area (Å²) in [6.07, 6.45) is 1.86. The van der Waals surface area contributed by atoms with Gasteiger partial charge in [-0.05, 0) is 25.4 Å². The summed E-state index contributed by atoms with van der Waals surface area (Å²) in [6.45, 7) is 8.80. The summed E-state index contributed by atoms with van der Waals surface area (Å²) in [6, 6.07) is 2.71. The highest BCUT2D eigenvalue weighted by molar-refractivity contribution is 4.86. The van der Waals surface area contributed by atoms with Gasteiger partial charge in [-0.3, -0.25) is 4.90 Å². The third kappa shape index (κ3) is 3.65. The van der Waals surface area contributed by atoms with Crippen LogP contribution in [0.5, 0.6) is 0 Å². The van der Waals surface area contributed by atoms with Gasteiger partial charge >= 0.3 is 0 Å². The Bertz CT molecular complexity index is 195.